The molecule has 6 nitrogen and oxygen atoms in total. The maximum Gasteiger partial charge on any atom is 0.335 e. The van der Waals surface area contributed by atoms with Crippen LogP contribution in [0.3, 0.4) is 0 Å². The van der Waals surface area contributed by atoms with Crippen LogP contribution in [0.2, 0.25) is 15.1 Å². The molecular weight excluding hydrogens is 705 g/mol. The third-order valence-corrected chi connectivity index (χ3v) is 7.62. The van der Waals surface area contributed by atoms with Crippen molar-refractivity contribution in [1.29, 1.82) is 0 Å². The molecular formula is C25H15BrCl3IN2O4. The van der Waals surface area contributed by atoms with Crippen molar-refractivity contribution < 1.29 is 19.1 Å². The third-order valence-electron chi connectivity index (χ3n) is 5.23. The Morgan fingerprint density at radius 3 is 2.44 bits per heavy atom. The van der Waals surface area contributed by atoms with Gasteiger partial charge in [0.1, 0.15) is 17.9 Å². The van der Waals surface area contributed by atoms with Crippen LogP contribution in [-0.4, -0.2) is 17.8 Å². The molecule has 0 bridgehead atoms. The molecule has 0 saturated carbocycles. The Morgan fingerprint density at radius 1 is 1.03 bits per heavy atom. The van der Waals surface area contributed by atoms with E-state index in [1.165, 1.54) is 12.1 Å². The maximum absolute atomic E-state index is 13.2. The summed E-state index contributed by atoms with van der Waals surface area (Å²) in [4.78, 5) is 39.0. The Labute approximate surface area is 243 Å². The van der Waals surface area contributed by atoms with Gasteiger partial charge in [0.05, 0.1) is 13.7 Å². The molecule has 0 unspecified atom stereocenters. The smallest absolute Gasteiger partial charge is 0.335 e. The van der Waals surface area contributed by atoms with Crippen LogP contribution >= 0.6 is 73.3 Å². The maximum atomic E-state index is 13.2. The highest BCUT2D eigenvalue weighted by Crippen LogP contribution is 2.35. The van der Waals surface area contributed by atoms with Crippen molar-refractivity contribution >= 4 is 103 Å². The van der Waals surface area contributed by atoms with Crippen LogP contribution in [0.25, 0.3) is 6.08 Å². The lowest BCUT2D eigenvalue weighted by molar-refractivity contribution is -0.122. The summed E-state index contributed by atoms with van der Waals surface area (Å²) in [6.45, 7) is 2.01. The normalized spacial score (nSPS) is 14.9. The van der Waals surface area contributed by atoms with Gasteiger partial charge in [-0.05, 0) is 99.0 Å². The van der Waals surface area contributed by atoms with E-state index in [1.807, 2.05) is 0 Å². The number of anilines is 1. The van der Waals surface area contributed by atoms with Gasteiger partial charge in [0.2, 0.25) is 0 Å². The summed E-state index contributed by atoms with van der Waals surface area (Å²) in [6, 6.07) is 12.5. The summed E-state index contributed by atoms with van der Waals surface area (Å²) in [5.74, 6) is -0.981. The minimum atomic E-state index is -0.845. The van der Waals surface area contributed by atoms with E-state index in [2.05, 4.69) is 43.8 Å². The van der Waals surface area contributed by atoms with Crippen LogP contribution in [0.4, 0.5) is 10.5 Å². The third kappa shape index (κ3) is 5.73. The number of carbonyl (C=O) groups is 3. The summed E-state index contributed by atoms with van der Waals surface area (Å²) in [5.41, 5.74) is 2.16. The second-order valence-corrected chi connectivity index (χ2v) is 11.0. The fourth-order valence-electron chi connectivity index (χ4n) is 3.37. The summed E-state index contributed by atoms with van der Waals surface area (Å²) in [7, 11) is 0. The number of rotatable bonds is 5. The van der Waals surface area contributed by atoms with Crippen LogP contribution in [0.15, 0.2) is 58.6 Å². The monoisotopic (exact) mass is 718 g/mol. The number of hydrogen-bond acceptors (Lipinski definition) is 4. The van der Waals surface area contributed by atoms with E-state index < -0.39 is 17.8 Å². The summed E-state index contributed by atoms with van der Waals surface area (Å²) < 4.78 is 7.28. The number of hydrogen-bond donors (Lipinski definition) is 1. The second-order valence-electron chi connectivity index (χ2n) is 7.73. The predicted octanol–water partition coefficient (Wildman–Crippen LogP) is 7.57. The van der Waals surface area contributed by atoms with E-state index >= 15 is 0 Å². The number of barbiturate groups is 1. The van der Waals surface area contributed by atoms with Gasteiger partial charge in [0.25, 0.3) is 11.8 Å². The highest BCUT2D eigenvalue weighted by atomic mass is 127. The molecule has 1 N–H and O–H groups in total. The van der Waals surface area contributed by atoms with E-state index in [9.17, 15) is 14.4 Å². The average Bonchev–Trinajstić information content (AvgIpc) is 2.79. The Kier molecular flexibility index (Phi) is 8.31. The number of imide groups is 2. The molecule has 4 amide bonds. The van der Waals surface area contributed by atoms with Crippen LogP contribution in [0.1, 0.15) is 16.7 Å². The molecule has 1 saturated heterocycles. The van der Waals surface area contributed by atoms with Crippen molar-refractivity contribution in [2.24, 2.45) is 0 Å². The van der Waals surface area contributed by atoms with Crippen molar-refractivity contribution in [3.8, 4) is 5.75 Å². The number of halogens is 5. The standard InChI is InChI=1S/C25H15BrCl3IN2O4/c1-12-2-5-16(10-19(12)28)32-24(34)17(23(33)31-25(32)35)6-13-7-18(26)22(21(30)8-13)36-11-14-3-4-15(27)9-20(14)29/h2-10H,11H2,1H3,(H,31,33,35)/b17-6-. The number of nitrogens with zero attached hydrogens (tertiary/aromatic N) is 1. The fraction of sp³-hybridized carbons (Fsp3) is 0.0800. The molecule has 11 heteroatoms. The van der Waals surface area contributed by atoms with Crippen molar-refractivity contribution in [2.45, 2.75) is 13.5 Å². The highest BCUT2D eigenvalue weighted by Gasteiger charge is 2.37. The highest BCUT2D eigenvalue weighted by molar-refractivity contribution is 14.1. The van der Waals surface area contributed by atoms with Gasteiger partial charge in [0.15, 0.2) is 0 Å². The van der Waals surface area contributed by atoms with Crippen molar-refractivity contribution in [1.82, 2.24) is 5.32 Å². The van der Waals surface area contributed by atoms with Crippen LogP contribution in [-0.2, 0) is 16.2 Å². The van der Waals surface area contributed by atoms with Crippen LogP contribution in [0, 0.1) is 10.5 Å². The lowest BCUT2D eigenvalue weighted by Gasteiger charge is -2.26. The number of aryl methyl sites for hydroxylation is 1. The van der Waals surface area contributed by atoms with Gasteiger partial charge in [0, 0.05) is 20.6 Å². The first kappa shape index (κ1) is 26.9. The molecule has 0 atom stereocenters. The van der Waals surface area contributed by atoms with Crippen molar-refractivity contribution in [2.75, 3.05) is 4.90 Å². The Morgan fingerprint density at radius 2 is 1.78 bits per heavy atom. The Balaban J connectivity index is 1.61. The lowest BCUT2D eigenvalue weighted by Crippen LogP contribution is -2.54. The van der Waals surface area contributed by atoms with Gasteiger partial charge in [-0.15, -0.1) is 0 Å². The van der Waals surface area contributed by atoms with Crippen LogP contribution < -0.4 is 15.0 Å². The summed E-state index contributed by atoms with van der Waals surface area (Å²) >= 11 is 23.9. The van der Waals surface area contributed by atoms with Gasteiger partial charge in [-0.2, -0.15) is 0 Å². The number of carbonyl (C=O) groups excluding carboxylic acids is 3. The molecule has 1 aliphatic rings. The quantitative estimate of drug-likeness (QED) is 0.168. The zero-order valence-electron chi connectivity index (χ0n) is 18.4. The lowest BCUT2D eigenvalue weighted by atomic mass is 10.1. The predicted molar refractivity (Wildman–Crippen MR) is 153 cm³/mol. The second kappa shape index (κ2) is 11.1. The molecule has 1 aliphatic heterocycles. The molecule has 3 aromatic carbocycles. The van der Waals surface area contributed by atoms with Gasteiger partial charge in [-0.25, -0.2) is 9.69 Å². The molecule has 1 heterocycles. The van der Waals surface area contributed by atoms with E-state index in [0.717, 1.165) is 19.6 Å². The largest absolute Gasteiger partial charge is 0.487 e. The first-order valence-electron chi connectivity index (χ1n) is 10.3. The molecule has 3 aromatic rings. The van der Waals surface area contributed by atoms with E-state index in [1.54, 1.807) is 49.4 Å². The molecule has 184 valence electrons. The Hall–Kier alpha value is -2.11. The van der Waals surface area contributed by atoms with E-state index in [-0.39, 0.29) is 17.9 Å². The minimum Gasteiger partial charge on any atom is -0.487 e. The Bertz CT molecular complexity index is 1440. The first-order valence-corrected chi connectivity index (χ1v) is 13.3. The SMILES string of the molecule is Cc1ccc(N2C(=O)NC(=O)/C(=C/c3cc(Br)c(OCc4ccc(Cl)cc4Cl)c(I)c3)C2=O)cc1Cl. The van der Waals surface area contributed by atoms with Gasteiger partial charge in [-0.1, -0.05) is 46.9 Å². The van der Waals surface area contributed by atoms with E-state index in [4.69, 9.17) is 39.5 Å². The zero-order chi connectivity index (χ0) is 26.1. The summed E-state index contributed by atoms with van der Waals surface area (Å²) in [6.07, 6.45) is 1.42. The molecule has 1 fully saturated rings. The van der Waals surface area contributed by atoms with Gasteiger partial charge < -0.3 is 4.74 Å². The van der Waals surface area contributed by atoms with Crippen molar-refractivity contribution in [3.63, 3.8) is 0 Å². The number of amides is 4. The number of nitrogens with one attached hydrogen (secondary N) is 1. The van der Waals surface area contributed by atoms with E-state index in [0.29, 0.717) is 30.9 Å². The molecule has 0 aromatic heterocycles. The number of urea groups is 1. The van der Waals surface area contributed by atoms with Crippen molar-refractivity contribution in [3.05, 3.63) is 93.9 Å². The molecule has 0 spiro atoms. The number of ether oxygens (including phenoxy) is 1. The van der Waals surface area contributed by atoms with Gasteiger partial charge in [-0.3, -0.25) is 14.9 Å². The first-order chi connectivity index (χ1) is 17.0. The number of benzene rings is 3. The van der Waals surface area contributed by atoms with Crippen LogP contribution in [0.5, 0.6) is 5.75 Å². The fourth-order valence-corrected chi connectivity index (χ4v) is 5.78. The molecule has 36 heavy (non-hydrogen) atoms. The molecule has 0 radical (unpaired) electrons. The minimum absolute atomic E-state index is 0.199. The summed E-state index contributed by atoms with van der Waals surface area (Å²) in [5, 5.41) is 3.62. The average molecular weight is 721 g/mol. The molecule has 0 aliphatic carbocycles. The molecule has 4 rings (SSSR count). The zero-order valence-corrected chi connectivity index (χ0v) is 24.4. The van der Waals surface area contributed by atoms with Gasteiger partial charge >= 0.3 is 6.03 Å². The topological polar surface area (TPSA) is 75.7 Å².